The number of rotatable bonds is 5. The Morgan fingerprint density at radius 1 is 1.23 bits per heavy atom. The molecule has 7 nitrogen and oxygen atoms in total. The second-order valence-electron chi connectivity index (χ2n) is 7.92. The highest BCUT2D eigenvalue weighted by Crippen LogP contribution is 2.38. The molecule has 2 aromatic heterocycles. The molecule has 5 rings (SSSR count). The second-order valence-corrected chi connectivity index (χ2v) is 7.92. The molecule has 3 aliphatic rings. The lowest BCUT2D eigenvalue weighted by Gasteiger charge is -2.41. The lowest BCUT2D eigenvalue weighted by atomic mass is 9.97. The zero-order valence-corrected chi connectivity index (χ0v) is 15.2. The van der Waals surface area contributed by atoms with E-state index in [1.165, 1.54) is 24.1 Å². The Bertz CT molecular complexity index is 863. The van der Waals surface area contributed by atoms with Gasteiger partial charge in [0.1, 0.15) is 0 Å². The van der Waals surface area contributed by atoms with Gasteiger partial charge in [-0.05, 0) is 18.9 Å². The first kappa shape index (κ1) is 16.2. The molecule has 0 amide bonds. The SMILES string of the molecule is Cn1ncc2c1CCOC2CN1CC(Cn2nc(C3CC3)ccc2=O)C1. The van der Waals surface area contributed by atoms with Gasteiger partial charge in [0.05, 0.1) is 31.1 Å². The average Bonchev–Trinajstić information content (AvgIpc) is 3.39. The fourth-order valence-corrected chi connectivity index (χ4v) is 4.21. The van der Waals surface area contributed by atoms with Crippen molar-refractivity contribution < 1.29 is 4.74 Å². The first-order valence-corrected chi connectivity index (χ1v) is 9.60. The van der Waals surface area contributed by atoms with Crippen molar-refractivity contribution in [3.63, 3.8) is 0 Å². The Morgan fingerprint density at radius 3 is 2.88 bits per heavy atom. The number of fused-ring (bicyclic) bond motifs is 1. The van der Waals surface area contributed by atoms with Crippen LogP contribution in [0.3, 0.4) is 0 Å². The van der Waals surface area contributed by atoms with E-state index in [9.17, 15) is 4.79 Å². The van der Waals surface area contributed by atoms with E-state index in [1.807, 2.05) is 24.0 Å². The van der Waals surface area contributed by atoms with Crippen molar-refractivity contribution in [2.24, 2.45) is 13.0 Å². The van der Waals surface area contributed by atoms with Gasteiger partial charge in [0.25, 0.3) is 5.56 Å². The molecule has 26 heavy (non-hydrogen) atoms. The molecule has 2 aromatic rings. The van der Waals surface area contributed by atoms with Gasteiger partial charge in [0.15, 0.2) is 0 Å². The van der Waals surface area contributed by atoms with Gasteiger partial charge in [-0.3, -0.25) is 14.4 Å². The fourth-order valence-electron chi connectivity index (χ4n) is 4.21. The predicted molar refractivity (Wildman–Crippen MR) is 96.0 cm³/mol. The van der Waals surface area contributed by atoms with Crippen LogP contribution in [0.15, 0.2) is 23.1 Å². The van der Waals surface area contributed by atoms with Gasteiger partial charge in [-0.2, -0.15) is 10.2 Å². The van der Waals surface area contributed by atoms with Crippen molar-refractivity contribution >= 4 is 0 Å². The van der Waals surface area contributed by atoms with E-state index in [0.29, 0.717) is 11.8 Å². The normalized spacial score (nSPS) is 23.7. The van der Waals surface area contributed by atoms with Crippen LogP contribution in [0.2, 0.25) is 0 Å². The Kier molecular flexibility index (Phi) is 3.94. The van der Waals surface area contributed by atoms with Gasteiger partial charge >= 0.3 is 0 Å². The topological polar surface area (TPSA) is 65.2 Å². The lowest BCUT2D eigenvalue weighted by molar-refractivity contribution is -0.0182. The maximum atomic E-state index is 12.1. The van der Waals surface area contributed by atoms with Crippen LogP contribution in [0, 0.1) is 5.92 Å². The molecule has 0 N–H and O–H groups in total. The Morgan fingerprint density at radius 2 is 2.08 bits per heavy atom. The van der Waals surface area contributed by atoms with Gasteiger partial charge in [0.2, 0.25) is 0 Å². The molecule has 4 heterocycles. The zero-order valence-electron chi connectivity index (χ0n) is 15.2. The number of likely N-dealkylation sites (tertiary alicyclic amines) is 1. The predicted octanol–water partition coefficient (Wildman–Crippen LogP) is 1.10. The first-order valence-electron chi connectivity index (χ1n) is 9.60. The third-order valence-electron chi connectivity index (χ3n) is 5.87. The van der Waals surface area contributed by atoms with Crippen LogP contribution < -0.4 is 5.56 Å². The van der Waals surface area contributed by atoms with Crippen molar-refractivity contribution in [2.45, 2.75) is 37.8 Å². The first-order chi connectivity index (χ1) is 12.7. The number of aromatic nitrogens is 4. The summed E-state index contributed by atoms with van der Waals surface area (Å²) in [6.45, 7) is 4.38. The molecule has 0 aromatic carbocycles. The van der Waals surface area contributed by atoms with E-state index in [1.54, 1.807) is 10.7 Å². The van der Waals surface area contributed by atoms with Gasteiger partial charge in [-0.25, -0.2) is 4.68 Å². The molecule has 0 spiro atoms. The third kappa shape index (κ3) is 2.99. The van der Waals surface area contributed by atoms with Crippen LogP contribution in [0.1, 0.15) is 41.8 Å². The highest BCUT2D eigenvalue weighted by atomic mass is 16.5. The number of nitrogens with zero attached hydrogens (tertiary/aromatic N) is 5. The summed E-state index contributed by atoms with van der Waals surface area (Å²) in [5, 5.41) is 8.96. The minimum atomic E-state index is 0.0171. The van der Waals surface area contributed by atoms with E-state index < -0.39 is 0 Å². The maximum Gasteiger partial charge on any atom is 0.266 e. The van der Waals surface area contributed by atoms with E-state index in [0.717, 1.165) is 44.9 Å². The Labute approximate surface area is 152 Å². The minimum Gasteiger partial charge on any atom is -0.372 e. The summed E-state index contributed by atoms with van der Waals surface area (Å²) in [5.74, 6) is 1.07. The van der Waals surface area contributed by atoms with Gasteiger partial charge < -0.3 is 4.74 Å². The van der Waals surface area contributed by atoms with Crippen molar-refractivity contribution in [2.75, 3.05) is 26.2 Å². The van der Waals surface area contributed by atoms with Crippen molar-refractivity contribution in [3.05, 3.63) is 45.6 Å². The number of hydrogen-bond donors (Lipinski definition) is 0. The summed E-state index contributed by atoms with van der Waals surface area (Å²) in [5.41, 5.74) is 3.63. The van der Waals surface area contributed by atoms with E-state index in [2.05, 4.69) is 15.1 Å². The van der Waals surface area contributed by atoms with E-state index in [4.69, 9.17) is 4.74 Å². The molecule has 2 aliphatic heterocycles. The molecule has 1 aliphatic carbocycles. The largest absolute Gasteiger partial charge is 0.372 e. The average molecular weight is 355 g/mol. The number of ether oxygens (including phenoxy) is 1. The lowest BCUT2D eigenvalue weighted by Crippen LogP contribution is -2.51. The molecule has 0 radical (unpaired) electrons. The van der Waals surface area contributed by atoms with E-state index in [-0.39, 0.29) is 11.7 Å². The molecular weight excluding hydrogens is 330 g/mol. The molecular formula is C19H25N5O2. The van der Waals surface area contributed by atoms with Crippen LogP contribution in [0.4, 0.5) is 0 Å². The molecule has 1 saturated carbocycles. The van der Waals surface area contributed by atoms with Crippen molar-refractivity contribution in [1.29, 1.82) is 0 Å². The van der Waals surface area contributed by atoms with Crippen molar-refractivity contribution in [3.8, 4) is 0 Å². The van der Waals surface area contributed by atoms with Gasteiger partial charge in [0, 0.05) is 62.3 Å². The summed E-state index contributed by atoms with van der Waals surface area (Å²) < 4.78 is 9.62. The number of aryl methyl sites for hydroxylation is 1. The quantitative estimate of drug-likeness (QED) is 0.804. The molecule has 1 unspecified atom stereocenters. The minimum absolute atomic E-state index is 0.0171. The summed E-state index contributed by atoms with van der Waals surface area (Å²) >= 11 is 0. The van der Waals surface area contributed by atoms with Crippen LogP contribution in [0.25, 0.3) is 0 Å². The highest BCUT2D eigenvalue weighted by molar-refractivity contribution is 5.23. The zero-order chi connectivity index (χ0) is 17.7. The summed E-state index contributed by atoms with van der Waals surface area (Å²) in [4.78, 5) is 14.5. The molecule has 1 atom stereocenters. The molecule has 0 bridgehead atoms. The molecule has 2 fully saturated rings. The summed E-state index contributed by atoms with van der Waals surface area (Å²) in [7, 11) is 2.00. The van der Waals surface area contributed by atoms with E-state index >= 15 is 0 Å². The summed E-state index contributed by atoms with van der Waals surface area (Å²) in [6, 6.07) is 3.58. The molecule has 138 valence electrons. The highest BCUT2D eigenvalue weighted by Gasteiger charge is 2.33. The third-order valence-corrected chi connectivity index (χ3v) is 5.87. The number of hydrogen-bond acceptors (Lipinski definition) is 5. The maximum absolute atomic E-state index is 12.1. The van der Waals surface area contributed by atoms with Crippen LogP contribution in [0.5, 0.6) is 0 Å². The van der Waals surface area contributed by atoms with Crippen LogP contribution >= 0.6 is 0 Å². The van der Waals surface area contributed by atoms with Gasteiger partial charge in [-0.15, -0.1) is 0 Å². The Balaban J connectivity index is 1.19. The Hall–Kier alpha value is -1.99. The second kappa shape index (κ2) is 6.32. The summed E-state index contributed by atoms with van der Waals surface area (Å²) in [6.07, 6.45) is 5.42. The smallest absolute Gasteiger partial charge is 0.266 e. The fraction of sp³-hybridized carbons (Fsp3) is 0.632. The monoisotopic (exact) mass is 355 g/mol. The van der Waals surface area contributed by atoms with Gasteiger partial charge in [-0.1, -0.05) is 0 Å². The van der Waals surface area contributed by atoms with Crippen LogP contribution in [-0.2, 0) is 24.8 Å². The molecule has 1 saturated heterocycles. The molecule has 7 heteroatoms. The van der Waals surface area contributed by atoms with Crippen LogP contribution in [-0.4, -0.2) is 50.7 Å². The van der Waals surface area contributed by atoms with Crippen molar-refractivity contribution in [1.82, 2.24) is 24.5 Å². The standard InChI is InChI=1S/C19H25N5O2/c1-22-17-6-7-26-18(15(17)8-20-22)12-23-9-13(10-23)11-24-19(25)5-4-16(21-24)14-2-3-14/h4-5,8,13-14,18H,2-3,6-7,9-12H2,1H3.